The Balaban J connectivity index is 2.03. The number of hydrogen-bond donors (Lipinski definition) is 1. The van der Waals surface area contributed by atoms with Gasteiger partial charge in [0, 0.05) is 43.9 Å². The van der Waals surface area contributed by atoms with Gasteiger partial charge in [-0.05, 0) is 20.8 Å². The van der Waals surface area contributed by atoms with Crippen molar-refractivity contribution < 1.29 is 8.42 Å². The zero-order chi connectivity index (χ0) is 18.7. The molecule has 8 heteroatoms. The van der Waals surface area contributed by atoms with Crippen molar-refractivity contribution in [2.45, 2.75) is 51.7 Å². The highest BCUT2D eigenvalue weighted by Crippen LogP contribution is 2.24. The van der Waals surface area contributed by atoms with Gasteiger partial charge in [0.05, 0.1) is 21.2 Å². The number of thiazole rings is 1. The number of aromatic nitrogens is 1. The maximum atomic E-state index is 12.2. The third-order valence-corrected chi connectivity index (χ3v) is 8.10. The number of sulfone groups is 1. The van der Waals surface area contributed by atoms with Gasteiger partial charge in [0.25, 0.3) is 0 Å². The summed E-state index contributed by atoms with van der Waals surface area (Å²) < 4.78 is 23.6. The monoisotopic (exact) mass is 386 g/mol. The van der Waals surface area contributed by atoms with E-state index in [2.05, 4.69) is 34.4 Å². The Morgan fingerprint density at radius 1 is 1.48 bits per heavy atom. The maximum Gasteiger partial charge on any atom is 0.194 e. The Labute approximate surface area is 155 Å². The largest absolute Gasteiger partial charge is 0.357 e. The Morgan fingerprint density at radius 2 is 2.20 bits per heavy atom. The highest BCUT2D eigenvalue weighted by atomic mass is 32.2. The van der Waals surface area contributed by atoms with Gasteiger partial charge in [-0.2, -0.15) is 0 Å². The average Bonchev–Trinajstić information content (AvgIpc) is 2.98. The van der Waals surface area contributed by atoms with Gasteiger partial charge in [-0.25, -0.2) is 13.4 Å². The van der Waals surface area contributed by atoms with Crippen LogP contribution in [0.4, 0.5) is 0 Å². The Bertz CT molecular complexity index is 708. The molecule has 2 rings (SSSR count). The van der Waals surface area contributed by atoms with Crippen LogP contribution in [-0.4, -0.2) is 60.9 Å². The Morgan fingerprint density at radius 3 is 2.76 bits per heavy atom. The van der Waals surface area contributed by atoms with Gasteiger partial charge < -0.3 is 10.2 Å². The summed E-state index contributed by atoms with van der Waals surface area (Å²) in [6.07, 6.45) is 0.799. The highest BCUT2D eigenvalue weighted by molar-refractivity contribution is 7.92. The van der Waals surface area contributed by atoms with E-state index in [9.17, 15) is 8.42 Å². The van der Waals surface area contributed by atoms with Crippen molar-refractivity contribution in [2.24, 2.45) is 4.99 Å². The van der Waals surface area contributed by atoms with E-state index in [1.54, 1.807) is 25.2 Å². The summed E-state index contributed by atoms with van der Waals surface area (Å²) in [7, 11) is -3.04. The molecule has 0 amide bonds. The van der Waals surface area contributed by atoms with E-state index in [1.807, 2.05) is 6.92 Å². The lowest BCUT2D eigenvalue weighted by atomic mass is 10.2. The summed E-state index contributed by atoms with van der Waals surface area (Å²) in [5.74, 6) is 1.43. The van der Waals surface area contributed by atoms with Gasteiger partial charge in [0.15, 0.2) is 15.8 Å². The number of nitrogens with one attached hydrogen (secondary N) is 1. The predicted molar refractivity (Wildman–Crippen MR) is 105 cm³/mol. The molecule has 6 nitrogen and oxygen atoms in total. The molecule has 25 heavy (non-hydrogen) atoms. The van der Waals surface area contributed by atoms with Crippen LogP contribution in [0.15, 0.2) is 10.4 Å². The fourth-order valence-corrected chi connectivity index (χ4v) is 4.96. The Kier molecular flexibility index (Phi) is 6.48. The fraction of sp³-hybridized carbons (Fsp3) is 0.765. The zero-order valence-electron chi connectivity index (χ0n) is 15.9. The molecule has 0 spiro atoms. The van der Waals surface area contributed by atoms with Gasteiger partial charge >= 0.3 is 0 Å². The lowest BCUT2D eigenvalue weighted by Gasteiger charge is -2.39. The summed E-state index contributed by atoms with van der Waals surface area (Å²) in [6.45, 7) is 12.3. The molecule has 142 valence electrons. The van der Waals surface area contributed by atoms with Gasteiger partial charge in [-0.3, -0.25) is 4.99 Å². The smallest absolute Gasteiger partial charge is 0.194 e. The van der Waals surface area contributed by atoms with Crippen molar-refractivity contribution in [3.8, 4) is 0 Å². The van der Waals surface area contributed by atoms with Crippen molar-refractivity contribution in [1.29, 1.82) is 0 Å². The summed E-state index contributed by atoms with van der Waals surface area (Å²) >= 11 is 1.70. The van der Waals surface area contributed by atoms with Gasteiger partial charge in [0.2, 0.25) is 0 Å². The molecule has 0 bridgehead atoms. The lowest BCUT2D eigenvalue weighted by Crippen LogP contribution is -2.57. The first kappa shape index (κ1) is 20.2. The second kappa shape index (κ2) is 8.03. The number of hydrogen-bond acceptors (Lipinski definition) is 5. The summed E-state index contributed by atoms with van der Waals surface area (Å²) in [5, 5.41) is 6.56. The standard InChI is InChI=1S/C17H30N4O2S2/c1-6-18-16(21-9-10-25(22,23)17(4,5)12-21)19-8-7-14-11-24-15(20-14)13(2)3/h11,13H,6-10,12H2,1-5H3,(H,18,19). The molecule has 0 aromatic carbocycles. The first-order valence-corrected chi connectivity index (χ1v) is 11.4. The number of nitrogens with zero attached hydrogens (tertiary/aromatic N) is 3. The van der Waals surface area contributed by atoms with E-state index in [1.165, 1.54) is 0 Å². The molecule has 1 N–H and O–H groups in total. The third kappa shape index (κ3) is 4.94. The van der Waals surface area contributed by atoms with Gasteiger partial charge in [-0.15, -0.1) is 11.3 Å². The average molecular weight is 387 g/mol. The van der Waals surface area contributed by atoms with Gasteiger partial charge in [-0.1, -0.05) is 13.8 Å². The van der Waals surface area contributed by atoms with E-state index in [0.717, 1.165) is 29.6 Å². The van der Waals surface area contributed by atoms with Crippen molar-refractivity contribution in [1.82, 2.24) is 15.2 Å². The topological polar surface area (TPSA) is 74.7 Å². The van der Waals surface area contributed by atoms with Gasteiger partial charge in [0.1, 0.15) is 0 Å². The SMILES string of the molecule is CCNC(=NCCc1csc(C(C)C)n1)N1CCS(=O)(=O)C(C)(C)C1. The van der Waals surface area contributed by atoms with Crippen molar-refractivity contribution in [3.63, 3.8) is 0 Å². The predicted octanol–water partition coefficient (Wildman–Crippen LogP) is 2.28. The second-order valence-corrected chi connectivity index (χ2v) is 11.0. The van der Waals surface area contributed by atoms with Crippen LogP contribution in [-0.2, 0) is 16.3 Å². The van der Waals surface area contributed by atoms with Crippen LogP contribution >= 0.6 is 11.3 Å². The van der Waals surface area contributed by atoms with E-state index in [4.69, 9.17) is 4.99 Å². The molecule has 1 aromatic heterocycles. The lowest BCUT2D eigenvalue weighted by molar-refractivity contribution is 0.353. The van der Waals surface area contributed by atoms with E-state index < -0.39 is 14.6 Å². The van der Waals surface area contributed by atoms with Crippen LogP contribution in [0.25, 0.3) is 0 Å². The van der Waals surface area contributed by atoms with Crippen LogP contribution in [0.3, 0.4) is 0 Å². The molecule has 1 saturated heterocycles. The number of rotatable bonds is 5. The quantitative estimate of drug-likeness (QED) is 0.621. The van der Waals surface area contributed by atoms with Crippen LogP contribution in [0.1, 0.15) is 51.2 Å². The molecule has 1 aromatic rings. The molecule has 2 heterocycles. The van der Waals surface area contributed by atoms with Crippen LogP contribution in [0.2, 0.25) is 0 Å². The molecule has 0 atom stereocenters. The van der Waals surface area contributed by atoms with Crippen LogP contribution < -0.4 is 5.32 Å². The third-order valence-electron chi connectivity index (χ3n) is 4.37. The van der Waals surface area contributed by atoms with Crippen molar-refractivity contribution >= 4 is 27.1 Å². The summed E-state index contributed by atoms with van der Waals surface area (Å²) in [5.41, 5.74) is 1.08. The molecule has 0 saturated carbocycles. The second-order valence-electron chi connectivity index (χ2n) is 7.32. The highest BCUT2D eigenvalue weighted by Gasteiger charge is 2.40. The first-order valence-electron chi connectivity index (χ1n) is 8.86. The molecule has 0 radical (unpaired) electrons. The molecule has 1 aliphatic heterocycles. The summed E-state index contributed by atoms with van der Waals surface area (Å²) in [4.78, 5) is 11.4. The molecular weight excluding hydrogens is 356 g/mol. The van der Waals surface area contributed by atoms with E-state index in [-0.39, 0.29) is 5.75 Å². The minimum Gasteiger partial charge on any atom is -0.357 e. The van der Waals surface area contributed by atoms with Crippen molar-refractivity contribution in [3.05, 3.63) is 16.1 Å². The first-order chi connectivity index (χ1) is 11.7. The fourth-order valence-electron chi connectivity index (χ4n) is 2.73. The van der Waals surface area contributed by atoms with Crippen molar-refractivity contribution in [2.75, 3.05) is 31.9 Å². The molecule has 1 aliphatic rings. The zero-order valence-corrected chi connectivity index (χ0v) is 17.5. The van der Waals surface area contributed by atoms with Crippen LogP contribution in [0, 0.1) is 0 Å². The normalized spacial score (nSPS) is 20.1. The number of aliphatic imine (C=N–C) groups is 1. The maximum absolute atomic E-state index is 12.2. The number of guanidine groups is 1. The summed E-state index contributed by atoms with van der Waals surface area (Å²) in [6, 6.07) is 0. The molecule has 0 aliphatic carbocycles. The molecular formula is C17H30N4O2S2. The molecule has 1 fully saturated rings. The van der Waals surface area contributed by atoms with E-state index in [0.29, 0.717) is 25.6 Å². The van der Waals surface area contributed by atoms with E-state index >= 15 is 0 Å². The van der Waals surface area contributed by atoms with Crippen LogP contribution in [0.5, 0.6) is 0 Å². The minimum atomic E-state index is -3.04. The molecule has 0 unspecified atom stereocenters. The minimum absolute atomic E-state index is 0.175. The Hall–Kier alpha value is -1.15.